The second-order valence-corrected chi connectivity index (χ2v) is 36.3. The van der Waals surface area contributed by atoms with Gasteiger partial charge in [-0.1, -0.05) is 198 Å². The summed E-state index contributed by atoms with van der Waals surface area (Å²) in [7, 11) is 4.98. The molecule has 0 spiro atoms. The second kappa shape index (κ2) is 35.3. The van der Waals surface area contributed by atoms with Crippen molar-refractivity contribution in [2.24, 2.45) is 11.8 Å². The molecular formula is C96H92N4O18Si2. The fourth-order valence-electron chi connectivity index (χ4n) is 16.6. The molecule has 2 unspecified atom stereocenters. The minimum absolute atomic E-state index is 0.0244. The van der Waals surface area contributed by atoms with E-state index < -0.39 is 77.0 Å². The Morgan fingerprint density at radius 2 is 0.533 bits per heavy atom. The minimum atomic E-state index is -3.37. The molecule has 0 fully saturated rings. The van der Waals surface area contributed by atoms with Crippen LogP contribution in [0.3, 0.4) is 0 Å². The number of benzene rings is 13. The van der Waals surface area contributed by atoms with Gasteiger partial charge in [-0.25, -0.2) is 0 Å². The number of ether oxygens (including phenoxy) is 6. The van der Waals surface area contributed by atoms with Crippen LogP contribution in [0.15, 0.2) is 243 Å². The summed E-state index contributed by atoms with van der Waals surface area (Å²) in [5, 5.41) is 1.65. The van der Waals surface area contributed by atoms with E-state index in [0.29, 0.717) is 23.0 Å². The van der Waals surface area contributed by atoms with Gasteiger partial charge in [-0.05, 0) is 129 Å². The Morgan fingerprint density at radius 1 is 0.300 bits per heavy atom. The number of amides is 6. The number of carbonyl (C=O) groups is 6. The number of nitrogens with zero attached hydrogens (tertiary/aromatic N) is 4. The van der Waals surface area contributed by atoms with Crippen LogP contribution in [0.5, 0.6) is 46.0 Å². The van der Waals surface area contributed by atoms with E-state index in [4.69, 9.17) is 55.0 Å². The molecule has 0 N–H and O–H groups in total. The first kappa shape index (κ1) is 82.8. The zero-order valence-electron chi connectivity index (χ0n) is 68.8. The molecular weight excluding hydrogens is 1550 g/mol. The zero-order valence-corrected chi connectivity index (χ0v) is 70.8. The van der Waals surface area contributed by atoms with E-state index in [1.165, 1.54) is 66.7 Å². The quantitative estimate of drug-likeness (QED) is 0.0120. The van der Waals surface area contributed by atoms with E-state index in [1.807, 2.05) is 194 Å². The van der Waals surface area contributed by atoms with Crippen LogP contribution in [0.4, 0.5) is 0 Å². The van der Waals surface area contributed by atoms with Gasteiger partial charge in [0.15, 0.2) is 0 Å². The van der Waals surface area contributed by atoms with Crippen molar-refractivity contribution in [1.29, 1.82) is 0 Å². The molecule has 612 valence electrons. The van der Waals surface area contributed by atoms with E-state index in [0.717, 1.165) is 54.3 Å². The van der Waals surface area contributed by atoms with E-state index in [9.17, 15) is 0 Å². The third-order valence-electron chi connectivity index (χ3n) is 22.4. The molecule has 24 heteroatoms. The van der Waals surface area contributed by atoms with E-state index in [-0.39, 0.29) is 127 Å². The first-order valence-electron chi connectivity index (χ1n) is 39.5. The van der Waals surface area contributed by atoms with Gasteiger partial charge in [0.05, 0.1) is 22.3 Å². The molecule has 13 aromatic carbocycles. The maximum Gasteiger partial charge on any atom is 0.501 e. The second-order valence-electron chi connectivity index (χ2n) is 30.1. The molecule has 15 rings (SSSR count). The number of rotatable bonds is 34. The van der Waals surface area contributed by atoms with Crippen LogP contribution >= 0.6 is 0 Å². The van der Waals surface area contributed by atoms with Crippen molar-refractivity contribution in [3.05, 3.63) is 265 Å². The third-order valence-corrected chi connectivity index (χ3v) is 27.8. The van der Waals surface area contributed by atoms with Gasteiger partial charge >= 0.3 is 17.6 Å². The minimum Gasteiger partial charge on any atom is -0.457 e. The molecule has 22 nitrogen and oxygen atoms in total. The Bertz CT molecular complexity index is 5350. The maximum absolute atomic E-state index is 16.9. The Morgan fingerprint density at radius 3 is 0.750 bits per heavy atom. The van der Waals surface area contributed by atoms with Gasteiger partial charge < -0.3 is 64.8 Å². The number of hydrogen-bond acceptors (Lipinski definition) is 18. The lowest BCUT2D eigenvalue weighted by Crippen LogP contribution is -2.57. The Balaban J connectivity index is 1.10. The van der Waals surface area contributed by atoms with Gasteiger partial charge in [0.2, 0.25) is 11.8 Å². The molecule has 0 aromatic heterocycles. The summed E-state index contributed by atoms with van der Waals surface area (Å²) in [6.45, 7) is 6.50. The summed E-state index contributed by atoms with van der Waals surface area (Å²) in [4.78, 5) is 105. The molecule has 2 heterocycles. The molecule has 6 amide bonds. The lowest BCUT2D eigenvalue weighted by atomic mass is 9.80. The summed E-state index contributed by atoms with van der Waals surface area (Å²) >= 11 is 0. The first-order chi connectivity index (χ1) is 58.2. The van der Waals surface area contributed by atoms with Crippen LogP contribution < -0.4 is 18.9 Å². The number of methoxy groups -OCH3 is 2. The topological polar surface area (TPSA) is 226 Å². The van der Waals surface area contributed by atoms with Crippen molar-refractivity contribution in [3.8, 4) is 90.5 Å². The molecule has 2 aliphatic rings. The maximum atomic E-state index is 16.9. The molecule has 0 aliphatic carbocycles. The standard InChI is InChI=1S/C96H92N4O18Si2/c1-59(2)89(95(105)97(57-107-5)45-47-119(109-7,110-8)111-9)99-91(101)73-53-77(115-69-41-25-37-65(49-69)61-29-17-13-18-30-61)83-85-79(117-71-43-27-39-67(51-71)63-33-21-15-22-34-63)55-75-82-76(94(104)100(93(75)103)90(60(3)4)96(106)98(58-108-6)46-48-120(112-10,113-11)114-12)56-80(118-72-44-28-40-68(52-72)64-35-23-16-24-36-64)86(88(82)85)84-78(54-74(92(99)102)81(73)87(83)84)116-70-42-26-38-66(50-70)62-31-19-14-20-32-62/h13-44,49-56,59-60,89-90H,45-48,57-58H2,1-12H3. The lowest BCUT2D eigenvalue weighted by Gasteiger charge is -2.39. The normalized spacial score (nSPS) is 13.5. The van der Waals surface area contributed by atoms with Gasteiger partial charge in [0.25, 0.3) is 23.6 Å². The Hall–Kier alpha value is -12.3. The van der Waals surface area contributed by atoms with E-state index >= 15 is 28.8 Å². The van der Waals surface area contributed by atoms with Gasteiger partial charge in [-0.15, -0.1) is 0 Å². The van der Waals surface area contributed by atoms with Gasteiger partial charge in [0, 0.05) is 125 Å². The van der Waals surface area contributed by atoms with Crippen LogP contribution in [-0.4, -0.2) is 168 Å². The molecule has 0 saturated carbocycles. The van der Waals surface area contributed by atoms with E-state index in [2.05, 4.69) is 0 Å². The summed E-state index contributed by atoms with van der Waals surface area (Å²) in [6.07, 6.45) is 0. The summed E-state index contributed by atoms with van der Waals surface area (Å²) in [6, 6.07) is 72.5. The van der Waals surface area contributed by atoms with Crippen LogP contribution in [0, 0.1) is 11.8 Å². The molecule has 0 radical (unpaired) electrons. The smallest absolute Gasteiger partial charge is 0.457 e. The predicted octanol–water partition coefficient (Wildman–Crippen LogP) is 19.4. The fraction of sp³-hybridized carbons (Fsp3) is 0.229. The highest BCUT2D eigenvalue weighted by atomic mass is 28.4. The third kappa shape index (κ3) is 15.7. The monoisotopic (exact) mass is 1640 g/mol. The van der Waals surface area contributed by atoms with E-state index in [1.54, 1.807) is 76.2 Å². The van der Waals surface area contributed by atoms with Crippen molar-refractivity contribution in [2.75, 3.05) is 83.4 Å². The van der Waals surface area contributed by atoms with Gasteiger partial charge in [-0.2, -0.15) is 0 Å². The highest BCUT2D eigenvalue weighted by Crippen LogP contribution is 2.59. The largest absolute Gasteiger partial charge is 0.501 e. The highest BCUT2D eigenvalue weighted by Gasteiger charge is 2.50. The van der Waals surface area contributed by atoms with Crippen LogP contribution in [0.25, 0.3) is 87.6 Å². The van der Waals surface area contributed by atoms with Crippen molar-refractivity contribution in [2.45, 2.75) is 51.9 Å². The summed E-state index contributed by atoms with van der Waals surface area (Å²) in [5.41, 5.74) is 6.38. The van der Waals surface area contributed by atoms with Crippen molar-refractivity contribution in [3.63, 3.8) is 0 Å². The number of imide groups is 2. The predicted molar refractivity (Wildman–Crippen MR) is 464 cm³/mol. The Labute approximate surface area is 698 Å². The molecule has 13 aromatic rings. The average molecular weight is 1650 g/mol. The number of fused-ring (bicyclic) bond motifs is 2. The number of hydrogen-bond donors (Lipinski definition) is 0. The summed E-state index contributed by atoms with van der Waals surface area (Å²) in [5.74, 6) is -4.76. The van der Waals surface area contributed by atoms with Crippen LogP contribution in [-0.2, 0) is 45.6 Å². The molecule has 0 bridgehead atoms. The number of carbonyl (C=O) groups excluding carboxylic acids is 6. The fourth-order valence-corrected chi connectivity index (χ4v) is 19.9. The molecule has 120 heavy (non-hydrogen) atoms. The van der Waals surface area contributed by atoms with Gasteiger partial charge in [0.1, 0.15) is 71.5 Å². The van der Waals surface area contributed by atoms with Gasteiger partial charge in [-0.3, -0.25) is 38.6 Å². The SMILES string of the molecule is COCN(CC[Si](OC)(OC)OC)C(=O)C(C(C)C)N1C(=O)c2cc(Oc3cccc(-c4ccccc4)c3)c3c4c(Oc5cccc(-c6ccccc6)c5)cc5c6c(cc(Oc7cccc(-c8ccccc8)c7)c(c7c(Oc8cccc(-c9ccccc9)c8)cc(c2c37)C1=O)c64)C(=O)N(C(C(=O)N(CC[Si](OC)(OC)OC)COC)C(C)C)C5=O. The average Bonchev–Trinajstić information content (AvgIpc) is 0.669. The molecule has 2 atom stereocenters. The Kier molecular flexibility index (Phi) is 24.4. The molecule has 0 saturated heterocycles. The van der Waals surface area contributed by atoms with Crippen molar-refractivity contribution >= 4 is 96.1 Å². The lowest BCUT2D eigenvalue weighted by molar-refractivity contribution is -0.142. The zero-order chi connectivity index (χ0) is 84.3. The van der Waals surface area contributed by atoms with Crippen molar-refractivity contribution < 1.29 is 83.7 Å². The van der Waals surface area contributed by atoms with Crippen LogP contribution in [0.1, 0.15) is 69.1 Å². The summed E-state index contributed by atoms with van der Waals surface area (Å²) < 4.78 is 76.6. The molecule has 2 aliphatic heterocycles. The van der Waals surface area contributed by atoms with Crippen molar-refractivity contribution in [1.82, 2.24) is 19.6 Å². The van der Waals surface area contributed by atoms with Crippen LogP contribution in [0.2, 0.25) is 12.1 Å². The highest BCUT2D eigenvalue weighted by molar-refractivity contribution is 6.61. The first-order valence-corrected chi connectivity index (χ1v) is 43.4.